The van der Waals surface area contributed by atoms with Crippen molar-refractivity contribution in [2.24, 2.45) is 5.73 Å². The van der Waals surface area contributed by atoms with E-state index in [0.29, 0.717) is 12.0 Å². The number of phenols is 1. The summed E-state index contributed by atoms with van der Waals surface area (Å²) in [6, 6.07) is 11.5. The molecular weight excluding hydrogens is 248 g/mol. The number of hydrogen-bond acceptors (Lipinski definition) is 3. The van der Waals surface area contributed by atoms with Crippen LogP contribution in [0.15, 0.2) is 42.6 Å². The van der Waals surface area contributed by atoms with Crippen LogP contribution in [0.4, 0.5) is 0 Å². The lowest BCUT2D eigenvalue weighted by molar-refractivity contribution is 0.475. The van der Waals surface area contributed by atoms with Crippen LogP contribution in [0.5, 0.6) is 5.75 Å². The van der Waals surface area contributed by atoms with Gasteiger partial charge in [0.05, 0.1) is 5.69 Å². The number of rotatable bonds is 2. The fourth-order valence-corrected chi connectivity index (χ4v) is 2.03. The molecule has 1 aromatic heterocycles. The number of aromatic nitrogens is 1. The number of aromatic hydroxyl groups is 1. The average molecular weight is 263 g/mol. The van der Waals surface area contributed by atoms with E-state index in [4.69, 9.17) is 5.73 Å². The number of benzene rings is 1. The second kappa shape index (κ2) is 4.96. The van der Waals surface area contributed by atoms with E-state index in [9.17, 15) is 5.11 Å². The van der Waals surface area contributed by atoms with Gasteiger partial charge in [0.1, 0.15) is 5.75 Å². The molecular formula is C14H15ClN2O. The molecule has 0 radical (unpaired) electrons. The first-order valence-corrected chi connectivity index (χ1v) is 5.75. The lowest BCUT2D eigenvalue weighted by Gasteiger charge is -2.03. The van der Waals surface area contributed by atoms with Gasteiger partial charge in [-0.2, -0.15) is 0 Å². The summed E-state index contributed by atoms with van der Waals surface area (Å²) < 4.78 is 0. The van der Waals surface area contributed by atoms with Crippen LogP contribution in [-0.2, 0) is 0 Å². The summed E-state index contributed by atoms with van der Waals surface area (Å²) in [7, 11) is 0. The van der Waals surface area contributed by atoms with Crippen LogP contribution in [0.2, 0.25) is 0 Å². The highest BCUT2D eigenvalue weighted by Gasteiger charge is 2.34. The topological polar surface area (TPSA) is 59.1 Å². The van der Waals surface area contributed by atoms with E-state index in [2.05, 4.69) is 11.1 Å². The highest BCUT2D eigenvalue weighted by Crippen LogP contribution is 2.38. The minimum Gasteiger partial charge on any atom is -0.508 e. The third-order valence-corrected chi connectivity index (χ3v) is 3.22. The van der Waals surface area contributed by atoms with Gasteiger partial charge >= 0.3 is 0 Å². The normalized spacial score (nSPS) is 21.2. The van der Waals surface area contributed by atoms with Gasteiger partial charge in [-0.15, -0.1) is 12.4 Å². The fraction of sp³-hybridized carbons (Fsp3) is 0.214. The Morgan fingerprint density at radius 2 is 1.78 bits per heavy atom. The average Bonchev–Trinajstić information content (AvgIpc) is 3.08. The maximum absolute atomic E-state index is 9.22. The number of pyridine rings is 1. The lowest BCUT2D eigenvalue weighted by Crippen LogP contribution is -2.01. The van der Waals surface area contributed by atoms with E-state index in [0.717, 1.165) is 17.7 Å². The molecule has 1 aromatic carbocycles. The molecule has 1 fully saturated rings. The molecule has 3 N–H and O–H groups in total. The van der Waals surface area contributed by atoms with Gasteiger partial charge in [0.2, 0.25) is 0 Å². The predicted octanol–water partition coefficient (Wildman–Crippen LogP) is 2.69. The summed E-state index contributed by atoms with van der Waals surface area (Å²) in [5.41, 5.74) is 8.96. The SMILES string of the molecule is Cl.NC1CC1c1ccc(-c2ccc(O)cc2)nc1. The van der Waals surface area contributed by atoms with Gasteiger partial charge in [0.15, 0.2) is 0 Å². The van der Waals surface area contributed by atoms with Crippen molar-refractivity contribution in [1.82, 2.24) is 4.98 Å². The fourth-order valence-electron chi connectivity index (χ4n) is 2.03. The summed E-state index contributed by atoms with van der Waals surface area (Å²) in [5.74, 6) is 0.769. The van der Waals surface area contributed by atoms with Crippen molar-refractivity contribution in [2.75, 3.05) is 0 Å². The number of nitrogens with two attached hydrogens (primary N) is 1. The van der Waals surface area contributed by atoms with Gasteiger partial charge in [-0.1, -0.05) is 6.07 Å². The summed E-state index contributed by atoms with van der Waals surface area (Å²) in [4.78, 5) is 4.44. The van der Waals surface area contributed by atoms with Crippen molar-refractivity contribution < 1.29 is 5.11 Å². The van der Waals surface area contributed by atoms with E-state index in [-0.39, 0.29) is 18.2 Å². The Morgan fingerprint density at radius 1 is 1.11 bits per heavy atom. The number of phenolic OH excluding ortho intramolecular Hbond substituents is 1. The molecule has 0 spiro atoms. The molecule has 94 valence electrons. The highest BCUT2D eigenvalue weighted by atomic mass is 35.5. The lowest BCUT2D eigenvalue weighted by atomic mass is 10.1. The van der Waals surface area contributed by atoms with Crippen molar-refractivity contribution in [2.45, 2.75) is 18.4 Å². The predicted molar refractivity (Wildman–Crippen MR) is 73.9 cm³/mol. The molecule has 1 aliphatic carbocycles. The molecule has 18 heavy (non-hydrogen) atoms. The van der Waals surface area contributed by atoms with Crippen LogP contribution >= 0.6 is 12.4 Å². The maximum atomic E-state index is 9.22. The Hall–Kier alpha value is -1.58. The van der Waals surface area contributed by atoms with Crippen LogP contribution < -0.4 is 5.73 Å². The van der Waals surface area contributed by atoms with Gasteiger partial charge in [0.25, 0.3) is 0 Å². The van der Waals surface area contributed by atoms with E-state index in [1.165, 1.54) is 5.56 Å². The van der Waals surface area contributed by atoms with Gasteiger partial charge in [0, 0.05) is 23.7 Å². The van der Waals surface area contributed by atoms with E-state index >= 15 is 0 Å². The number of nitrogens with zero attached hydrogens (tertiary/aromatic N) is 1. The summed E-state index contributed by atoms with van der Waals surface area (Å²) in [6.45, 7) is 0. The number of hydrogen-bond donors (Lipinski definition) is 2. The summed E-state index contributed by atoms with van der Waals surface area (Å²) in [6.07, 6.45) is 2.97. The molecule has 3 rings (SSSR count). The first-order valence-electron chi connectivity index (χ1n) is 5.75. The standard InChI is InChI=1S/C14H14N2O.ClH/c15-13-7-12(13)10-3-6-14(16-8-10)9-1-4-11(17)5-2-9;/h1-6,8,12-13,17H,7,15H2;1H. The first kappa shape index (κ1) is 12.9. The highest BCUT2D eigenvalue weighted by molar-refractivity contribution is 5.85. The molecule has 2 unspecified atom stereocenters. The molecule has 1 heterocycles. The third-order valence-electron chi connectivity index (χ3n) is 3.22. The number of halogens is 1. The van der Waals surface area contributed by atoms with Crippen LogP contribution in [0.25, 0.3) is 11.3 Å². The van der Waals surface area contributed by atoms with Crippen molar-refractivity contribution in [1.29, 1.82) is 0 Å². The van der Waals surface area contributed by atoms with Crippen LogP contribution in [-0.4, -0.2) is 16.1 Å². The Morgan fingerprint density at radius 3 is 2.28 bits per heavy atom. The molecule has 4 heteroatoms. The van der Waals surface area contributed by atoms with Crippen molar-refractivity contribution in [3.63, 3.8) is 0 Å². The van der Waals surface area contributed by atoms with E-state index in [1.807, 2.05) is 24.4 Å². The Bertz CT molecular complexity index is 524. The molecule has 0 saturated heterocycles. The van der Waals surface area contributed by atoms with Crippen molar-refractivity contribution in [3.8, 4) is 17.0 Å². The van der Waals surface area contributed by atoms with E-state index < -0.39 is 0 Å². The molecule has 0 bridgehead atoms. The second-order valence-electron chi connectivity index (χ2n) is 4.53. The quantitative estimate of drug-likeness (QED) is 0.875. The van der Waals surface area contributed by atoms with Gasteiger partial charge in [-0.3, -0.25) is 4.98 Å². The third kappa shape index (κ3) is 2.47. The van der Waals surface area contributed by atoms with Gasteiger partial charge in [-0.05, 0) is 42.3 Å². The minimum atomic E-state index is 0. The monoisotopic (exact) mass is 262 g/mol. The second-order valence-corrected chi connectivity index (χ2v) is 4.53. The zero-order valence-corrected chi connectivity index (χ0v) is 10.6. The van der Waals surface area contributed by atoms with Crippen LogP contribution in [0, 0.1) is 0 Å². The van der Waals surface area contributed by atoms with E-state index in [1.54, 1.807) is 12.1 Å². The molecule has 1 aliphatic rings. The molecule has 0 amide bonds. The maximum Gasteiger partial charge on any atom is 0.115 e. The zero-order chi connectivity index (χ0) is 11.8. The summed E-state index contributed by atoms with van der Waals surface area (Å²) in [5, 5.41) is 9.22. The van der Waals surface area contributed by atoms with Crippen molar-refractivity contribution >= 4 is 12.4 Å². The van der Waals surface area contributed by atoms with Crippen molar-refractivity contribution in [3.05, 3.63) is 48.2 Å². The minimum absolute atomic E-state index is 0. The van der Waals surface area contributed by atoms with Crippen LogP contribution in [0.1, 0.15) is 17.9 Å². The Balaban J connectivity index is 0.00000120. The summed E-state index contributed by atoms with van der Waals surface area (Å²) >= 11 is 0. The molecule has 3 nitrogen and oxygen atoms in total. The Labute approximate surface area is 112 Å². The van der Waals surface area contributed by atoms with Gasteiger partial charge < -0.3 is 10.8 Å². The first-order chi connectivity index (χ1) is 8.24. The largest absolute Gasteiger partial charge is 0.508 e. The smallest absolute Gasteiger partial charge is 0.115 e. The molecule has 2 aromatic rings. The molecule has 1 saturated carbocycles. The zero-order valence-electron chi connectivity index (χ0n) is 9.78. The molecule has 0 aliphatic heterocycles. The van der Waals surface area contributed by atoms with Crippen LogP contribution in [0.3, 0.4) is 0 Å². The Kier molecular flexibility index (Phi) is 3.55. The van der Waals surface area contributed by atoms with Gasteiger partial charge in [-0.25, -0.2) is 0 Å². The molecule has 2 atom stereocenters.